The molecule has 1 saturated carbocycles. The predicted molar refractivity (Wildman–Crippen MR) is 343 cm³/mol. The number of azide groups is 1. The molecule has 2 bridgehead atoms. The van der Waals surface area contributed by atoms with Crippen LogP contribution in [-0.4, -0.2) is 143 Å². The summed E-state index contributed by atoms with van der Waals surface area (Å²) in [7, 11) is 2.95. The van der Waals surface area contributed by atoms with Gasteiger partial charge in [-0.25, -0.2) is 4.79 Å². The number of carbonyl (C=O) groups excluding carboxylic acids is 5. The molecule has 1 aromatic carbocycles. The first kappa shape index (κ1) is 73.7. The first-order valence-corrected chi connectivity index (χ1v) is 40.4. The molecule has 4 aliphatic rings. The summed E-state index contributed by atoms with van der Waals surface area (Å²) in [6, 6.07) is 4.99. The number of ether oxygens (including phenoxy) is 5. The van der Waals surface area contributed by atoms with Crippen LogP contribution in [0.15, 0.2) is 70.9 Å². The van der Waals surface area contributed by atoms with Gasteiger partial charge in [0.15, 0.2) is 5.78 Å². The number of ketones is 3. The molecule has 0 aromatic heterocycles. The van der Waals surface area contributed by atoms with Gasteiger partial charge < -0.3 is 29.3 Å². The number of fused-ring (bicyclic) bond motifs is 3. The van der Waals surface area contributed by atoms with E-state index >= 15 is 0 Å². The van der Waals surface area contributed by atoms with Gasteiger partial charge in [0.25, 0.3) is 0 Å². The van der Waals surface area contributed by atoms with E-state index < -0.39 is 102 Å². The summed E-state index contributed by atoms with van der Waals surface area (Å²) >= 11 is -3.17. The maximum atomic E-state index is 14.8. The molecule has 1 aliphatic carbocycles. The molecule has 1 aromatic rings. The summed E-state index contributed by atoms with van der Waals surface area (Å²) in [5.41, 5.74) is 12.7. The van der Waals surface area contributed by atoms with Gasteiger partial charge in [0.1, 0.15) is 30.1 Å². The van der Waals surface area contributed by atoms with Crippen LogP contribution in [0, 0.1) is 35.5 Å². The minimum atomic E-state index is -3.17. The second kappa shape index (κ2) is 36.1. The number of hydrogen-bond donors (Lipinski definition) is 3. The van der Waals surface area contributed by atoms with Gasteiger partial charge in [-0.05, 0) is 81.6 Å². The molecule has 0 unspecified atom stereocenters. The third-order valence-corrected chi connectivity index (χ3v) is 35.1. The first-order valence-electron chi connectivity index (χ1n) is 33.0. The van der Waals surface area contributed by atoms with E-state index in [0.29, 0.717) is 63.4 Å². The average molecular weight is 1320 g/mol. The number of amides is 1. The van der Waals surface area contributed by atoms with Crippen LogP contribution in [0.4, 0.5) is 5.69 Å². The topological polar surface area (TPSA) is 244 Å². The Bertz CT molecular complexity index is 2580. The first-order chi connectivity index (χ1) is 41.5. The summed E-state index contributed by atoms with van der Waals surface area (Å²) in [6.07, 6.45) is 17.2. The van der Waals surface area contributed by atoms with Crippen molar-refractivity contribution in [2.45, 2.75) is 259 Å². The molecule has 1 amide bonds. The third-order valence-electron chi connectivity index (χ3n) is 19.5. The van der Waals surface area contributed by atoms with Crippen LogP contribution in [0.1, 0.15) is 190 Å². The van der Waals surface area contributed by atoms with Crippen molar-refractivity contribution in [3.8, 4) is 0 Å². The molecule has 15 atom stereocenters. The van der Waals surface area contributed by atoms with Crippen molar-refractivity contribution in [2.24, 2.45) is 40.6 Å². The number of carbonyl (C=O) groups is 5. The molecule has 18 heteroatoms. The van der Waals surface area contributed by atoms with Crippen molar-refractivity contribution >= 4 is 56.9 Å². The number of allylic oxidation sites excluding steroid dienone is 6. The van der Waals surface area contributed by atoms with Gasteiger partial charge in [-0.3, -0.25) is 14.4 Å². The number of piperidine rings is 1. The SMILES string of the molecule is CCC[CH2][Sn]([CH2]CCC)([CH2]CCC)[c]1cc(CO[C@H]2C[C@@H]3CC[C@@H](C)[C@@](O)(O3)C(=O)C(=O)N3CCCC[C@H]3C(=O)O[C@H]([C@H](C)C[C@@H]3CC[C@@H](O)[C@H](OC)C3)CC(=O)[C@H](C)/C=C(\C)[C@@H](O)[C@@H](OC)C(=O)[C@H](C)C[C@H](C)\C=C/C=C/C=C/2C)ccc1N=[N+]=[N-]. The molecule has 17 nitrogen and oxygen atoms in total. The van der Waals surface area contributed by atoms with E-state index in [-0.39, 0.29) is 67.8 Å². The Kier molecular flexibility index (Phi) is 30.6. The molecular weight excluding hydrogens is 1210 g/mol. The monoisotopic (exact) mass is 1320 g/mol. The van der Waals surface area contributed by atoms with Crippen molar-refractivity contribution in [1.82, 2.24) is 4.90 Å². The van der Waals surface area contributed by atoms with Crippen LogP contribution in [0.3, 0.4) is 0 Å². The van der Waals surface area contributed by atoms with Crippen molar-refractivity contribution in [3.05, 3.63) is 81.8 Å². The number of unbranched alkanes of at least 4 members (excludes halogenated alkanes) is 3. The van der Waals surface area contributed by atoms with E-state index in [2.05, 4.69) is 36.9 Å². The van der Waals surface area contributed by atoms with Crippen LogP contribution in [-0.2, 0) is 54.3 Å². The Morgan fingerprint density at radius 3 is 2.18 bits per heavy atom. The fourth-order valence-corrected chi connectivity index (χ4v) is 30.4. The quantitative estimate of drug-likeness (QED) is 0.0222. The van der Waals surface area contributed by atoms with E-state index in [1.54, 1.807) is 34.0 Å². The average Bonchev–Trinajstić information content (AvgIpc) is 1.09. The molecule has 0 radical (unpaired) electrons. The van der Waals surface area contributed by atoms with Crippen molar-refractivity contribution in [2.75, 3.05) is 20.8 Å². The van der Waals surface area contributed by atoms with Crippen LogP contribution < -0.4 is 3.58 Å². The van der Waals surface area contributed by atoms with Gasteiger partial charge in [0, 0.05) is 39.0 Å². The van der Waals surface area contributed by atoms with Gasteiger partial charge in [-0.1, -0.05) is 33.8 Å². The fourth-order valence-electron chi connectivity index (χ4n) is 13.8. The Morgan fingerprint density at radius 2 is 1.54 bits per heavy atom. The summed E-state index contributed by atoms with van der Waals surface area (Å²) in [4.78, 5) is 77.1. The number of benzene rings is 1. The molecule has 87 heavy (non-hydrogen) atoms. The molecule has 486 valence electrons. The Morgan fingerprint density at radius 1 is 0.851 bits per heavy atom. The Labute approximate surface area is 524 Å². The van der Waals surface area contributed by atoms with Crippen molar-refractivity contribution in [1.29, 1.82) is 0 Å². The maximum absolute atomic E-state index is 14.8. The van der Waals surface area contributed by atoms with Gasteiger partial charge >= 0.3 is 276 Å². The number of aliphatic hydroxyl groups is 3. The summed E-state index contributed by atoms with van der Waals surface area (Å²) in [6.45, 7) is 19.7. The third kappa shape index (κ3) is 20.5. The summed E-state index contributed by atoms with van der Waals surface area (Å²) < 4.78 is 35.8. The second-order valence-electron chi connectivity index (χ2n) is 26.3. The number of hydrogen-bond acceptors (Lipinski definition) is 14. The molecule has 3 aliphatic heterocycles. The number of cyclic esters (lactones) is 1. The summed E-state index contributed by atoms with van der Waals surface area (Å²) in [5.74, 6) is -8.38. The van der Waals surface area contributed by atoms with E-state index in [1.165, 1.54) is 28.9 Å². The van der Waals surface area contributed by atoms with Gasteiger partial charge in [-0.15, -0.1) is 0 Å². The normalized spacial score (nSPS) is 33.3. The van der Waals surface area contributed by atoms with Crippen molar-refractivity contribution < 1.29 is 63.0 Å². The number of rotatable bonds is 19. The molecule has 0 spiro atoms. The standard InChI is InChI=1S/C57H81N4O13.3C4H9.Sn/c1-34-15-11-10-12-16-35(2)48(72-33-41-19-22-43(23-20-41)59-60-58)31-44-24-18-40(7)57(69,74-44)54(66)55(67)61-26-14-13-17-45(61)56(68)73-49(37(4)29-42-21-25-46(62)50(30-42)70-8)32-47(63)36(3)28-39(6)52(65)53(71-9)51(64)38(5)27-34;3*1-3-4-2;/h10-12,15-16,19-20,22,28,34,36-38,40,42,44-46,48-50,52-53,62,65,69H,13-14,17-18,21,24-27,29-33H2,1-9H3;3*1,3-4H2,2H3;/b12-10+,15-11-,35-16+,39-28+;;;;/t34-,36-,37-,38-,40-,42+,44+,45+,46-,48+,49+,50-,52-,53+,57-;;;;/m1..../s1. The van der Waals surface area contributed by atoms with Gasteiger partial charge in [0.2, 0.25) is 0 Å². The number of methoxy groups -OCH3 is 2. The Balaban J connectivity index is 1.55. The number of aliphatic hydroxyl groups excluding tert-OH is 2. The van der Waals surface area contributed by atoms with Crippen LogP contribution >= 0.6 is 0 Å². The van der Waals surface area contributed by atoms with Crippen LogP contribution in [0.5, 0.6) is 0 Å². The molecule has 3 N–H and O–H groups in total. The predicted octanol–water partition coefficient (Wildman–Crippen LogP) is 12.7. The summed E-state index contributed by atoms with van der Waals surface area (Å²) in [5, 5.41) is 39.0. The molecule has 5 rings (SSSR count). The number of nitrogens with zero attached hydrogens (tertiary/aromatic N) is 4. The second-order valence-corrected chi connectivity index (χ2v) is 39.4. The van der Waals surface area contributed by atoms with Crippen LogP contribution in [0.25, 0.3) is 10.4 Å². The molecular formula is C69H108N4O13Sn. The van der Waals surface area contributed by atoms with Gasteiger partial charge in [-0.2, -0.15) is 0 Å². The number of esters is 1. The van der Waals surface area contributed by atoms with Gasteiger partial charge in [0.05, 0.1) is 12.2 Å². The minimum absolute atomic E-state index is 0.0328. The zero-order valence-corrected chi connectivity index (χ0v) is 57.6. The zero-order valence-electron chi connectivity index (χ0n) is 54.8. The van der Waals surface area contributed by atoms with Crippen molar-refractivity contribution in [3.63, 3.8) is 0 Å². The van der Waals surface area contributed by atoms with E-state index in [4.69, 9.17) is 23.7 Å². The molecule has 3 heterocycles. The molecule has 2 saturated heterocycles. The number of Topliss-reactive ketones (excluding diaryl/α,β-unsaturated/α-hetero) is 3. The Hall–Kier alpha value is -4.04. The van der Waals surface area contributed by atoms with E-state index in [9.17, 15) is 44.8 Å². The zero-order chi connectivity index (χ0) is 64.0. The van der Waals surface area contributed by atoms with E-state index in [1.807, 2.05) is 70.2 Å². The van der Waals surface area contributed by atoms with E-state index in [0.717, 1.165) is 55.3 Å². The molecule has 3 fully saturated rings. The fraction of sp³-hybridized carbons (Fsp3) is 0.725. The van der Waals surface area contributed by atoms with Crippen LogP contribution in [0.2, 0.25) is 13.3 Å².